The predicted octanol–water partition coefficient (Wildman–Crippen LogP) is 15.1. The van der Waals surface area contributed by atoms with Crippen molar-refractivity contribution in [1.82, 2.24) is 24.1 Å². The third-order valence-electron chi connectivity index (χ3n) is 12.4. The van der Waals surface area contributed by atoms with Gasteiger partial charge in [-0.2, -0.15) is 0 Å². The van der Waals surface area contributed by atoms with Gasteiger partial charge in [0.25, 0.3) is 0 Å². The highest BCUT2D eigenvalue weighted by Crippen LogP contribution is 2.47. The van der Waals surface area contributed by atoms with Crippen molar-refractivity contribution in [2.75, 3.05) is 0 Å². The van der Waals surface area contributed by atoms with E-state index in [-0.39, 0.29) is 0 Å². The van der Waals surface area contributed by atoms with Crippen LogP contribution in [0.25, 0.3) is 120 Å². The van der Waals surface area contributed by atoms with Gasteiger partial charge in [-0.1, -0.05) is 170 Å². The molecule has 0 aliphatic heterocycles. The molecule has 0 atom stereocenters. The second kappa shape index (κ2) is 14.2. The molecule has 0 spiro atoms. The van der Waals surface area contributed by atoms with Crippen LogP contribution in [0.5, 0.6) is 0 Å². The summed E-state index contributed by atoms with van der Waals surface area (Å²) in [5.74, 6) is 1.91. The molecule has 13 rings (SSSR count). The van der Waals surface area contributed by atoms with E-state index in [0.29, 0.717) is 17.5 Å². The van der Waals surface area contributed by atoms with Crippen molar-refractivity contribution in [3.63, 3.8) is 0 Å². The molecule has 6 heteroatoms. The topological polar surface area (TPSA) is 48.5 Å². The van der Waals surface area contributed by atoms with Crippen LogP contribution in [-0.4, -0.2) is 24.1 Å². The number of hydrogen-bond donors (Lipinski definition) is 0. The summed E-state index contributed by atoms with van der Waals surface area (Å²) < 4.78 is 7.39. The Kier molecular flexibility index (Phi) is 8.01. The first-order chi connectivity index (χ1) is 31.3. The van der Waals surface area contributed by atoms with Crippen LogP contribution < -0.4 is 0 Å². The third kappa shape index (κ3) is 5.59. The van der Waals surface area contributed by atoms with Crippen LogP contribution in [0.1, 0.15) is 0 Å². The first-order valence-electron chi connectivity index (χ1n) is 21.2. The van der Waals surface area contributed by atoms with Gasteiger partial charge in [-0.25, -0.2) is 15.0 Å². The number of rotatable bonds is 6. The third-order valence-corrected chi connectivity index (χ3v) is 13.6. The Morgan fingerprint density at radius 1 is 0.317 bits per heavy atom. The highest BCUT2D eigenvalue weighted by Gasteiger charge is 2.24. The molecule has 4 aromatic heterocycles. The van der Waals surface area contributed by atoms with E-state index in [9.17, 15) is 0 Å². The molecule has 4 heterocycles. The summed E-state index contributed by atoms with van der Waals surface area (Å²) in [4.78, 5) is 15.5. The zero-order chi connectivity index (χ0) is 41.4. The second-order valence-corrected chi connectivity index (χ2v) is 17.0. The molecule has 0 saturated carbocycles. The lowest BCUT2D eigenvalue weighted by molar-refractivity contribution is 1.07. The molecule has 0 aliphatic carbocycles. The predicted molar refractivity (Wildman–Crippen MR) is 263 cm³/mol. The quantitative estimate of drug-likeness (QED) is 0.168. The average Bonchev–Trinajstić information content (AvgIpc) is 4.03. The van der Waals surface area contributed by atoms with E-state index in [2.05, 4.69) is 185 Å². The van der Waals surface area contributed by atoms with E-state index in [4.69, 9.17) is 15.0 Å². The van der Waals surface area contributed by atoms with Crippen LogP contribution in [0, 0.1) is 0 Å². The average molecular weight is 822 g/mol. The van der Waals surface area contributed by atoms with E-state index in [1.165, 1.54) is 69.7 Å². The molecule has 5 nitrogen and oxygen atoms in total. The van der Waals surface area contributed by atoms with Gasteiger partial charge < -0.3 is 9.13 Å². The van der Waals surface area contributed by atoms with Gasteiger partial charge in [0.1, 0.15) is 0 Å². The highest BCUT2D eigenvalue weighted by molar-refractivity contribution is 7.27. The van der Waals surface area contributed by atoms with E-state index >= 15 is 0 Å². The minimum atomic E-state index is 0.630. The maximum Gasteiger partial charge on any atom is 0.166 e. The van der Waals surface area contributed by atoms with Crippen molar-refractivity contribution in [3.05, 3.63) is 212 Å². The Hall–Kier alpha value is -8.19. The smallest absolute Gasteiger partial charge is 0.166 e. The zero-order valence-electron chi connectivity index (χ0n) is 33.9. The van der Waals surface area contributed by atoms with Gasteiger partial charge >= 0.3 is 0 Å². The van der Waals surface area contributed by atoms with Gasteiger partial charge in [-0.05, 0) is 53.6 Å². The molecule has 0 saturated heterocycles. The van der Waals surface area contributed by atoms with Gasteiger partial charge in [0.15, 0.2) is 17.5 Å². The molecule has 9 aromatic carbocycles. The lowest BCUT2D eigenvalue weighted by atomic mass is 10.0. The molecule has 0 aliphatic rings. The van der Waals surface area contributed by atoms with Crippen molar-refractivity contribution in [1.29, 1.82) is 0 Å². The van der Waals surface area contributed by atoms with E-state index in [1.807, 2.05) is 47.7 Å². The molecule has 0 N–H and O–H groups in total. The van der Waals surface area contributed by atoms with Gasteiger partial charge in [0.05, 0.1) is 37.2 Å². The molecular formula is C57H35N5S. The SMILES string of the molecule is c1ccc(-c2ccc3c(c2)c2ccccc2n3-c2cccc3c2sc2c3ccc3c4cccc(-c5nc(-c6ccccc6)nc(-c6ccccc6)n5)c4n(-c4ccccc4)c32)cc1. The number of para-hydroxylation sites is 3. The largest absolute Gasteiger partial charge is 0.308 e. The number of aromatic nitrogens is 5. The molecule has 0 bridgehead atoms. The monoisotopic (exact) mass is 821 g/mol. The van der Waals surface area contributed by atoms with Crippen LogP contribution >= 0.6 is 11.3 Å². The Morgan fingerprint density at radius 3 is 1.59 bits per heavy atom. The van der Waals surface area contributed by atoms with Gasteiger partial charge in [0, 0.05) is 54.7 Å². The number of thiophene rings is 1. The van der Waals surface area contributed by atoms with Crippen molar-refractivity contribution in [2.45, 2.75) is 0 Å². The fraction of sp³-hybridized carbons (Fsp3) is 0. The first kappa shape index (κ1) is 35.6. The summed E-state index contributed by atoms with van der Waals surface area (Å²) in [6.07, 6.45) is 0. The minimum Gasteiger partial charge on any atom is -0.308 e. The number of nitrogens with zero attached hydrogens (tertiary/aromatic N) is 5. The summed E-state index contributed by atoms with van der Waals surface area (Å²) >= 11 is 1.88. The number of hydrogen-bond acceptors (Lipinski definition) is 4. The zero-order valence-corrected chi connectivity index (χ0v) is 34.7. The number of fused-ring (bicyclic) bond motifs is 10. The maximum absolute atomic E-state index is 5.23. The number of benzene rings is 9. The summed E-state index contributed by atoms with van der Waals surface area (Å²) in [6, 6.07) is 75.4. The van der Waals surface area contributed by atoms with Crippen LogP contribution in [0.2, 0.25) is 0 Å². The Morgan fingerprint density at radius 2 is 0.857 bits per heavy atom. The standard InChI is InChI=1S/C57H35N5S/c1-5-17-36(18-6-1)39-31-34-49-47(35-39)41-25-13-14-29-48(41)62(49)50-30-16-27-44-45-33-32-43-42-26-15-28-46(51(42)61(40-23-11-4-12-24-40)52(43)54(45)63-53(44)50)57-59-55(37-19-7-2-8-20-37)58-56(60-57)38-21-9-3-10-22-38/h1-35H. The molecule has 294 valence electrons. The second-order valence-electron chi connectivity index (χ2n) is 16.0. The molecule has 0 unspecified atom stereocenters. The van der Waals surface area contributed by atoms with Crippen LogP contribution in [0.15, 0.2) is 212 Å². The van der Waals surface area contributed by atoms with Crippen molar-refractivity contribution in [3.8, 4) is 56.7 Å². The van der Waals surface area contributed by atoms with Crippen molar-refractivity contribution >= 4 is 75.1 Å². The van der Waals surface area contributed by atoms with Crippen molar-refractivity contribution < 1.29 is 0 Å². The maximum atomic E-state index is 5.23. The van der Waals surface area contributed by atoms with Crippen LogP contribution in [0.3, 0.4) is 0 Å². The Balaban J connectivity index is 1.10. The Bertz CT molecular complexity index is 3830. The van der Waals surface area contributed by atoms with Crippen LogP contribution in [-0.2, 0) is 0 Å². The van der Waals surface area contributed by atoms with Gasteiger partial charge in [-0.15, -0.1) is 11.3 Å². The van der Waals surface area contributed by atoms with Crippen molar-refractivity contribution in [2.24, 2.45) is 0 Å². The Labute approximate surface area is 366 Å². The fourth-order valence-electron chi connectivity index (χ4n) is 9.55. The van der Waals surface area contributed by atoms with Crippen LogP contribution in [0.4, 0.5) is 0 Å². The first-order valence-corrected chi connectivity index (χ1v) is 22.0. The van der Waals surface area contributed by atoms with E-state index in [0.717, 1.165) is 33.3 Å². The van der Waals surface area contributed by atoms with Gasteiger partial charge in [0.2, 0.25) is 0 Å². The lowest BCUT2D eigenvalue weighted by Crippen LogP contribution is -2.02. The summed E-state index contributed by atoms with van der Waals surface area (Å²) in [7, 11) is 0. The van der Waals surface area contributed by atoms with Gasteiger partial charge in [-0.3, -0.25) is 0 Å². The summed E-state index contributed by atoms with van der Waals surface area (Å²) in [5, 5.41) is 7.28. The normalized spacial score (nSPS) is 11.8. The minimum absolute atomic E-state index is 0.630. The summed E-state index contributed by atoms with van der Waals surface area (Å²) in [6.45, 7) is 0. The molecule has 0 radical (unpaired) electrons. The molecule has 0 fully saturated rings. The molecule has 13 aromatic rings. The molecule has 0 amide bonds. The lowest BCUT2D eigenvalue weighted by Gasteiger charge is -2.13. The van der Waals surface area contributed by atoms with E-state index < -0.39 is 0 Å². The molecular weight excluding hydrogens is 787 g/mol. The molecule has 63 heavy (non-hydrogen) atoms. The van der Waals surface area contributed by atoms with E-state index in [1.54, 1.807) is 0 Å². The fourth-order valence-corrected chi connectivity index (χ4v) is 10.9. The highest BCUT2D eigenvalue weighted by atomic mass is 32.1. The summed E-state index contributed by atoms with van der Waals surface area (Å²) in [5.41, 5.74) is 12.1.